The van der Waals surface area contributed by atoms with E-state index in [0.717, 1.165) is 17.8 Å². The molecule has 9 heteroatoms. The van der Waals surface area contributed by atoms with Crippen LogP contribution in [0.2, 0.25) is 0 Å². The Kier molecular flexibility index (Phi) is 3.40. The van der Waals surface area contributed by atoms with Crippen LogP contribution in [0.1, 0.15) is 16.1 Å². The van der Waals surface area contributed by atoms with Gasteiger partial charge in [-0.2, -0.15) is 0 Å². The van der Waals surface area contributed by atoms with Crippen LogP contribution in [0.3, 0.4) is 0 Å². The van der Waals surface area contributed by atoms with Gasteiger partial charge in [0.25, 0.3) is 5.91 Å². The van der Waals surface area contributed by atoms with Crippen molar-refractivity contribution < 1.29 is 19.5 Å². The van der Waals surface area contributed by atoms with Crippen molar-refractivity contribution in [2.45, 2.75) is 12.5 Å². The van der Waals surface area contributed by atoms with Gasteiger partial charge in [0.15, 0.2) is 0 Å². The predicted octanol–water partition coefficient (Wildman–Crippen LogP) is 1.55. The second-order valence-corrected chi connectivity index (χ2v) is 7.62. The SMILES string of the molecule is NC(=O)c1sc(Br)cc1NC(=O)C1C2CC2CN1C(=O)O. The van der Waals surface area contributed by atoms with E-state index in [0.29, 0.717) is 16.0 Å². The van der Waals surface area contributed by atoms with Gasteiger partial charge in [0.1, 0.15) is 10.9 Å². The molecule has 3 atom stereocenters. The Balaban J connectivity index is 1.80. The molecular formula is C12H12BrN3O4S. The zero-order valence-corrected chi connectivity index (χ0v) is 13.1. The van der Waals surface area contributed by atoms with Gasteiger partial charge in [-0.3, -0.25) is 14.5 Å². The van der Waals surface area contributed by atoms with Gasteiger partial charge in [0, 0.05) is 6.54 Å². The molecule has 3 amide bonds. The predicted molar refractivity (Wildman–Crippen MR) is 79.3 cm³/mol. The Morgan fingerprint density at radius 1 is 1.48 bits per heavy atom. The number of nitrogens with zero attached hydrogens (tertiary/aromatic N) is 1. The molecule has 3 rings (SSSR count). The molecule has 3 unspecified atom stereocenters. The van der Waals surface area contributed by atoms with Crippen LogP contribution in [0.15, 0.2) is 9.85 Å². The van der Waals surface area contributed by atoms with Crippen LogP contribution in [0, 0.1) is 11.8 Å². The normalized spacial score (nSPS) is 26.3. The largest absolute Gasteiger partial charge is 0.465 e. The van der Waals surface area contributed by atoms with E-state index in [9.17, 15) is 14.4 Å². The number of amides is 3. The van der Waals surface area contributed by atoms with Crippen LogP contribution in [0.25, 0.3) is 0 Å². The standard InChI is InChI=1S/C12H12BrN3O4S/c13-7-2-6(9(21-7)10(14)17)15-11(18)8-5-1-4(5)3-16(8)12(19)20/h2,4-5,8H,1,3H2,(H2,14,17)(H,15,18)(H,19,20). The van der Waals surface area contributed by atoms with Crippen LogP contribution < -0.4 is 11.1 Å². The zero-order valence-electron chi connectivity index (χ0n) is 10.7. The third-order valence-electron chi connectivity index (χ3n) is 3.85. The Labute approximate surface area is 132 Å². The van der Waals surface area contributed by atoms with Crippen LogP contribution >= 0.6 is 27.3 Å². The lowest BCUT2D eigenvalue weighted by Gasteiger charge is -2.23. The minimum Gasteiger partial charge on any atom is -0.465 e. The highest BCUT2D eigenvalue weighted by atomic mass is 79.9. The highest BCUT2D eigenvalue weighted by Gasteiger charge is 2.57. The smallest absolute Gasteiger partial charge is 0.407 e. The third-order valence-corrected chi connectivity index (χ3v) is 5.50. The molecule has 2 aliphatic rings. The van der Waals surface area contributed by atoms with Crippen molar-refractivity contribution >= 4 is 50.9 Å². The second-order valence-electron chi connectivity index (χ2n) is 5.19. The van der Waals surface area contributed by atoms with Crippen molar-refractivity contribution in [2.24, 2.45) is 17.6 Å². The molecule has 2 heterocycles. The first-order valence-corrected chi connectivity index (χ1v) is 7.89. The van der Waals surface area contributed by atoms with Crippen molar-refractivity contribution in [1.82, 2.24) is 4.90 Å². The molecule has 0 aromatic carbocycles. The molecule has 0 radical (unpaired) electrons. The van der Waals surface area contributed by atoms with Gasteiger partial charge >= 0.3 is 6.09 Å². The first-order valence-electron chi connectivity index (χ1n) is 6.28. The molecule has 1 aliphatic carbocycles. The van der Waals surface area contributed by atoms with Crippen molar-refractivity contribution in [3.05, 3.63) is 14.7 Å². The monoisotopic (exact) mass is 373 g/mol. The van der Waals surface area contributed by atoms with Crippen LogP contribution in [-0.4, -0.2) is 40.5 Å². The van der Waals surface area contributed by atoms with E-state index >= 15 is 0 Å². The van der Waals surface area contributed by atoms with E-state index in [4.69, 9.17) is 10.8 Å². The number of likely N-dealkylation sites (tertiary alicyclic amines) is 1. The minimum atomic E-state index is -1.09. The molecule has 4 N–H and O–H groups in total. The summed E-state index contributed by atoms with van der Waals surface area (Å²) in [5, 5.41) is 11.8. The molecule has 7 nitrogen and oxygen atoms in total. The molecule has 1 aromatic heterocycles. The molecule has 1 saturated heterocycles. The van der Waals surface area contributed by atoms with E-state index in [2.05, 4.69) is 21.2 Å². The van der Waals surface area contributed by atoms with Gasteiger partial charge in [-0.05, 0) is 40.3 Å². The maximum Gasteiger partial charge on any atom is 0.407 e. The summed E-state index contributed by atoms with van der Waals surface area (Å²) in [6.45, 7) is 0.397. The Morgan fingerprint density at radius 3 is 2.81 bits per heavy atom. The maximum atomic E-state index is 12.4. The van der Waals surface area contributed by atoms with Crippen molar-refractivity contribution in [3.8, 4) is 0 Å². The topological polar surface area (TPSA) is 113 Å². The first kappa shape index (κ1) is 14.3. The number of nitrogens with one attached hydrogen (secondary N) is 1. The average Bonchev–Trinajstić information content (AvgIpc) is 2.88. The highest BCUT2D eigenvalue weighted by Crippen LogP contribution is 2.49. The quantitative estimate of drug-likeness (QED) is 0.745. The number of thiophene rings is 1. The Morgan fingerprint density at radius 2 is 2.19 bits per heavy atom. The number of hydrogen-bond donors (Lipinski definition) is 3. The van der Waals surface area contributed by atoms with Gasteiger partial charge in [-0.1, -0.05) is 0 Å². The summed E-state index contributed by atoms with van der Waals surface area (Å²) in [6, 6.07) is 0.902. The molecule has 112 valence electrons. The fraction of sp³-hybridized carbons (Fsp3) is 0.417. The van der Waals surface area contributed by atoms with Crippen molar-refractivity contribution in [3.63, 3.8) is 0 Å². The average molecular weight is 374 g/mol. The summed E-state index contributed by atoms with van der Waals surface area (Å²) in [4.78, 5) is 36.3. The molecule has 21 heavy (non-hydrogen) atoms. The summed E-state index contributed by atoms with van der Waals surface area (Å²) in [5.74, 6) is -0.677. The Bertz CT molecular complexity index is 646. The lowest BCUT2D eigenvalue weighted by atomic mass is 10.1. The number of anilines is 1. The molecule has 2 fully saturated rings. The molecule has 1 aliphatic heterocycles. The van der Waals surface area contributed by atoms with E-state index in [-0.39, 0.29) is 16.7 Å². The van der Waals surface area contributed by atoms with Gasteiger partial charge in [0.2, 0.25) is 5.91 Å². The zero-order chi connectivity index (χ0) is 15.3. The van der Waals surface area contributed by atoms with Gasteiger partial charge in [0.05, 0.1) is 9.47 Å². The number of carbonyl (C=O) groups is 3. The number of halogens is 1. The van der Waals surface area contributed by atoms with Crippen LogP contribution in [0.4, 0.5) is 10.5 Å². The van der Waals surface area contributed by atoms with E-state index < -0.39 is 23.9 Å². The molecule has 1 saturated carbocycles. The fourth-order valence-electron chi connectivity index (χ4n) is 2.84. The Hall–Kier alpha value is -1.61. The molecule has 1 aromatic rings. The number of carboxylic acid groups (broad SMARTS) is 1. The van der Waals surface area contributed by atoms with Gasteiger partial charge in [-0.15, -0.1) is 11.3 Å². The number of piperidine rings is 1. The van der Waals surface area contributed by atoms with Gasteiger partial charge in [-0.25, -0.2) is 4.79 Å². The van der Waals surface area contributed by atoms with E-state index in [1.165, 1.54) is 4.90 Å². The summed E-state index contributed by atoms with van der Waals surface area (Å²) < 4.78 is 0.664. The number of rotatable bonds is 3. The number of nitrogens with two attached hydrogens (primary N) is 1. The summed E-state index contributed by atoms with van der Waals surface area (Å²) in [5.41, 5.74) is 5.58. The molecule has 0 spiro atoms. The summed E-state index contributed by atoms with van der Waals surface area (Å²) in [7, 11) is 0. The summed E-state index contributed by atoms with van der Waals surface area (Å²) >= 11 is 4.36. The minimum absolute atomic E-state index is 0.0835. The molecule has 0 bridgehead atoms. The number of carbonyl (C=O) groups excluding carboxylic acids is 2. The fourth-order valence-corrected chi connectivity index (χ4v) is 4.25. The lowest BCUT2D eigenvalue weighted by Crippen LogP contribution is -2.45. The molecular weight excluding hydrogens is 362 g/mol. The van der Waals surface area contributed by atoms with E-state index in [1.54, 1.807) is 6.07 Å². The summed E-state index contributed by atoms with van der Waals surface area (Å²) in [6.07, 6.45) is -0.221. The first-order chi connectivity index (χ1) is 9.88. The van der Waals surface area contributed by atoms with Crippen LogP contribution in [-0.2, 0) is 4.79 Å². The van der Waals surface area contributed by atoms with Crippen molar-refractivity contribution in [2.75, 3.05) is 11.9 Å². The number of fused-ring (bicyclic) bond motifs is 1. The van der Waals surface area contributed by atoms with Gasteiger partial charge < -0.3 is 16.2 Å². The lowest BCUT2D eigenvalue weighted by molar-refractivity contribution is -0.120. The van der Waals surface area contributed by atoms with Crippen molar-refractivity contribution in [1.29, 1.82) is 0 Å². The third kappa shape index (κ3) is 2.51. The second kappa shape index (κ2) is 4.99. The number of hydrogen-bond acceptors (Lipinski definition) is 4. The van der Waals surface area contributed by atoms with Crippen LogP contribution in [0.5, 0.6) is 0 Å². The highest BCUT2D eigenvalue weighted by molar-refractivity contribution is 9.11. The van der Waals surface area contributed by atoms with E-state index in [1.807, 2.05) is 0 Å². The number of primary amides is 1. The maximum absolute atomic E-state index is 12.4.